The van der Waals surface area contributed by atoms with Crippen molar-refractivity contribution in [1.82, 2.24) is 19.7 Å². The molecule has 0 aliphatic carbocycles. The minimum atomic E-state index is -4.62. The number of methoxy groups -OCH3 is 1. The van der Waals surface area contributed by atoms with Gasteiger partial charge in [-0.25, -0.2) is 45.0 Å². The van der Waals surface area contributed by atoms with Crippen molar-refractivity contribution in [2.24, 2.45) is 0 Å². The number of fused-ring (bicyclic) bond motifs is 1. The van der Waals surface area contributed by atoms with Gasteiger partial charge in [0, 0.05) is 26.1 Å². The standard InChI is InChI=1S/C27H30F5N5O5SSi/c1-40-27-23(9-16(28)12-34-27)43(38,39)36-21-6-5-20(29)19(25(21)32)14-42-17-10-18-22(11-24(30)31)35-37(26(18)33-13-17)15-41-7-8-44(2,3)4/h5-6,9-10,12-13,24,36H,7-8,11,14-15H2,1-4H3. The van der Waals surface area contributed by atoms with Crippen LogP contribution in [-0.2, 0) is 34.5 Å². The normalized spacial score (nSPS) is 12.2. The van der Waals surface area contributed by atoms with Crippen LogP contribution in [0.2, 0.25) is 25.7 Å². The Kier molecular flexibility index (Phi) is 10.1. The molecule has 4 rings (SSSR count). The highest BCUT2D eigenvalue weighted by Gasteiger charge is 2.25. The van der Waals surface area contributed by atoms with E-state index in [2.05, 4.69) is 34.7 Å². The number of aromatic nitrogens is 4. The maximum absolute atomic E-state index is 15.3. The Morgan fingerprint density at radius 3 is 2.50 bits per heavy atom. The number of nitrogens with zero attached hydrogens (tertiary/aromatic N) is 4. The van der Waals surface area contributed by atoms with E-state index in [1.165, 1.54) is 16.9 Å². The molecule has 0 amide bonds. The summed E-state index contributed by atoms with van der Waals surface area (Å²) in [7, 11) is -4.86. The highest BCUT2D eigenvalue weighted by atomic mass is 32.2. The molecule has 3 aromatic heterocycles. The number of anilines is 1. The first-order valence-corrected chi connectivity index (χ1v) is 18.4. The van der Waals surface area contributed by atoms with Gasteiger partial charge in [-0.1, -0.05) is 19.6 Å². The smallest absolute Gasteiger partial charge is 0.267 e. The third kappa shape index (κ3) is 8.00. The van der Waals surface area contributed by atoms with Gasteiger partial charge in [0.2, 0.25) is 12.3 Å². The summed E-state index contributed by atoms with van der Waals surface area (Å²) in [6.07, 6.45) is -1.39. The van der Waals surface area contributed by atoms with E-state index in [-0.39, 0.29) is 29.2 Å². The molecule has 0 saturated carbocycles. The van der Waals surface area contributed by atoms with Gasteiger partial charge in [-0.2, -0.15) is 5.10 Å². The fourth-order valence-electron chi connectivity index (χ4n) is 4.02. The number of nitrogens with one attached hydrogen (secondary N) is 1. The Morgan fingerprint density at radius 2 is 1.82 bits per heavy atom. The lowest BCUT2D eigenvalue weighted by atomic mass is 10.2. The van der Waals surface area contributed by atoms with E-state index in [0.29, 0.717) is 12.7 Å². The van der Waals surface area contributed by atoms with Crippen molar-refractivity contribution in [2.45, 2.75) is 56.8 Å². The molecule has 0 saturated heterocycles. The van der Waals surface area contributed by atoms with Gasteiger partial charge in [-0.15, -0.1) is 0 Å². The predicted molar refractivity (Wildman–Crippen MR) is 154 cm³/mol. The molecule has 10 nitrogen and oxygen atoms in total. The number of alkyl halides is 2. The lowest BCUT2D eigenvalue weighted by molar-refractivity contribution is 0.0803. The molecule has 0 aliphatic heterocycles. The van der Waals surface area contributed by atoms with Crippen molar-refractivity contribution in [1.29, 1.82) is 0 Å². The van der Waals surface area contributed by atoms with E-state index in [4.69, 9.17) is 14.2 Å². The third-order valence-electron chi connectivity index (χ3n) is 6.28. The van der Waals surface area contributed by atoms with Gasteiger partial charge in [-0.3, -0.25) is 4.72 Å². The zero-order chi connectivity index (χ0) is 32.2. The quantitative estimate of drug-likeness (QED) is 0.103. The number of sulfonamides is 1. The molecule has 3 heterocycles. The summed E-state index contributed by atoms with van der Waals surface area (Å²) in [5, 5.41) is 4.47. The van der Waals surface area contributed by atoms with Gasteiger partial charge >= 0.3 is 0 Å². The Morgan fingerprint density at radius 1 is 1.07 bits per heavy atom. The van der Waals surface area contributed by atoms with E-state index in [1.807, 2.05) is 4.72 Å². The van der Waals surface area contributed by atoms with Gasteiger partial charge in [0.1, 0.15) is 30.7 Å². The van der Waals surface area contributed by atoms with Crippen molar-refractivity contribution in [3.8, 4) is 11.6 Å². The van der Waals surface area contributed by atoms with E-state index in [0.717, 1.165) is 31.5 Å². The summed E-state index contributed by atoms with van der Waals surface area (Å²) in [6.45, 7) is 6.33. The zero-order valence-electron chi connectivity index (χ0n) is 24.2. The number of ether oxygens (including phenoxy) is 3. The minimum absolute atomic E-state index is 0.00585. The highest BCUT2D eigenvalue weighted by Crippen LogP contribution is 2.29. The van der Waals surface area contributed by atoms with Crippen LogP contribution in [0, 0.1) is 17.5 Å². The molecule has 1 N–H and O–H groups in total. The first-order valence-electron chi connectivity index (χ1n) is 13.2. The van der Waals surface area contributed by atoms with E-state index in [1.54, 1.807) is 0 Å². The van der Waals surface area contributed by atoms with E-state index >= 15 is 4.39 Å². The van der Waals surface area contributed by atoms with Crippen LogP contribution in [-0.4, -0.2) is 56.4 Å². The average molecular weight is 660 g/mol. The summed E-state index contributed by atoms with van der Waals surface area (Å²) in [5.74, 6) is -3.78. The Bertz CT molecular complexity index is 1750. The van der Waals surface area contributed by atoms with Crippen LogP contribution < -0.4 is 14.2 Å². The Labute approximate surface area is 251 Å². The van der Waals surface area contributed by atoms with Gasteiger partial charge < -0.3 is 14.2 Å². The highest BCUT2D eigenvalue weighted by molar-refractivity contribution is 7.92. The second-order valence-electron chi connectivity index (χ2n) is 10.9. The largest absolute Gasteiger partial charge is 0.487 e. The first-order chi connectivity index (χ1) is 20.7. The van der Waals surface area contributed by atoms with Crippen molar-refractivity contribution in [3.05, 3.63) is 65.4 Å². The maximum Gasteiger partial charge on any atom is 0.267 e. The Hall–Kier alpha value is -3.83. The monoisotopic (exact) mass is 659 g/mol. The second-order valence-corrected chi connectivity index (χ2v) is 18.1. The van der Waals surface area contributed by atoms with Crippen LogP contribution in [0.25, 0.3) is 11.0 Å². The molecule has 238 valence electrons. The first kappa shape index (κ1) is 33.1. The van der Waals surface area contributed by atoms with Crippen LogP contribution in [0.5, 0.6) is 11.6 Å². The molecule has 17 heteroatoms. The molecule has 0 radical (unpaired) electrons. The van der Waals surface area contributed by atoms with E-state index < -0.39 is 77.0 Å². The van der Waals surface area contributed by atoms with Crippen molar-refractivity contribution >= 4 is 34.8 Å². The average Bonchev–Trinajstić information content (AvgIpc) is 3.27. The molecule has 0 atom stereocenters. The SMILES string of the molecule is COc1ncc(F)cc1S(=O)(=O)Nc1ccc(F)c(COc2cnc3c(c2)c(CC(F)F)nn3COCC[Si](C)(C)C)c1F. The predicted octanol–water partition coefficient (Wildman–Crippen LogP) is 5.75. The number of pyridine rings is 2. The molecule has 44 heavy (non-hydrogen) atoms. The third-order valence-corrected chi connectivity index (χ3v) is 9.34. The van der Waals surface area contributed by atoms with Crippen molar-refractivity contribution < 1.29 is 44.6 Å². The van der Waals surface area contributed by atoms with E-state index in [9.17, 15) is 26.0 Å². The summed E-state index contributed by atoms with van der Waals surface area (Å²) in [5.41, 5.74) is -0.997. The Balaban J connectivity index is 1.56. The molecule has 0 unspecified atom stereocenters. The number of hydrogen-bond donors (Lipinski definition) is 1. The molecule has 0 aliphatic rings. The van der Waals surface area contributed by atoms with Crippen molar-refractivity contribution in [3.63, 3.8) is 0 Å². The summed E-state index contributed by atoms with van der Waals surface area (Å²) >= 11 is 0. The lowest BCUT2D eigenvalue weighted by Crippen LogP contribution is -2.22. The van der Waals surface area contributed by atoms with Crippen LogP contribution in [0.1, 0.15) is 11.3 Å². The molecule has 0 bridgehead atoms. The lowest BCUT2D eigenvalue weighted by Gasteiger charge is -2.15. The van der Waals surface area contributed by atoms with Crippen LogP contribution in [0.15, 0.2) is 41.6 Å². The minimum Gasteiger partial charge on any atom is -0.487 e. The zero-order valence-corrected chi connectivity index (χ0v) is 26.0. The van der Waals surface area contributed by atoms with Crippen LogP contribution in [0.3, 0.4) is 0 Å². The number of hydrogen-bond acceptors (Lipinski definition) is 8. The van der Waals surface area contributed by atoms with Gasteiger partial charge in [0.15, 0.2) is 16.4 Å². The summed E-state index contributed by atoms with van der Waals surface area (Å²) in [6, 6.07) is 4.56. The number of benzene rings is 1. The van der Waals surface area contributed by atoms with Crippen LogP contribution >= 0.6 is 0 Å². The second kappa shape index (κ2) is 13.4. The van der Waals surface area contributed by atoms with Gasteiger partial charge in [-0.05, 0) is 24.2 Å². The fourth-order valence-corrected chi connectivity index (χ4v) is 5.96. The fraction of sp³-hybridized carbons (Fsp3) is 0.370. The van der Waals surface area contributed by atoms with Gasteiger partial charge in [0.25, 0.3) is 10.0 Å². The molecule has 1 aromatic carbocycles. The molecule has 0 spiro atoms. The molecule has 0 fully saturated rings. The molecular weight excluding hydrogens is 629 g/mol. The topological polar surface area (TPSA) is 117 Å². The molecular formula is C27H30F5N5O5SSi. The molecule has 4 aromatic rings. The number of halogens is 5. The van der Waals surface area contributed by atoms with Crippen LogP contribution in [0.4, 0.5) is 27.6 Å². The van der Waals surface area contributed by atoms with Gasteiger partial charge in [0.05, 0.1) is 42.9 Å². The summed E-state index contributed by atoms with van der Waals surface area (Å²) in [4.78, 5) is 7.09. The van der Waals surface area contributed by atoms with Crippen molar-refractivity contribution in [2.75, 3.05) is 18.4 Å². The maximum atomic E-state index is 15.3. The number of rotatable bonds is 14. The summed E-state index contributed by atoms with van der Waals surface area (Å²) < 4.78 is 115.